The van der Waals surface area contributed by atoms with Crippen LogP contribution in [0.25, 0.3) is 10.9 Å². The van der Waals surface area contributed by atoms with Crippen LogP contribution in [0, 0.1) is 6.92 Å². The van der Waals surface area contributed by atoms with Crippen LogP contribution in [0.15, 0.2) is 53.4 Å². The third-order valence-electron chi connectivity index (χ3n) is 3.78. The number of aryl methyl sites for hydroxylation is 1. The van der Waals surface area contributed by atoms with Crippen LogP contribution in [0.2, 0.25) is 0 Å². The van der Waals surface area contributed by atoms with Crippen molar-refractivity contribution in [3.63, 3.8) is 0 Å². The van der Waals surface area contributed by atoms with E-state index in [1.807, 2.05) is 0 Å². The molecule has 1 aromatic heterocycles. The third kappa shape index (κ3) is 3.97. The monoisotopic (exact) mass is 397 g/mol. The van der Waals surface area contributed by atoms with Gasteiger partial charge in [-0.2, -0.15) is 21.6 Å². The average Bonchev–Trinajstić information content (AvgIpc) is 2.60. The molecule has 0 bridgehead atoms. The molecular formula is C18H14F3NO4S. The van der Waals surface area contributed by atoms with Crippen molar-refractivity contribution in [3.8, 4) is 11.5 Å². The highest BCUT2D eigenvalue weighted by Gasteiger charge is 2.34. The quantitative estimate of drug-likeness (QED) is 0.613. The zero-order chi connectivity index (χ0) is 19.8. The number of rotatable bonds is 4. The number of benzene rings is 2. The molecule has 0 aliphatic heterocycles. The van der Waals surface area contributed by atoms with Crippen LogP contribution in [-0.2, 0) is 16.3 Å². The second-order valence-corrected chi connectivity index (χ2v) is 7.28. The first-order valence-electron chi connectivity index (χ1n) is 7.67. The molecule has 0 saturated heterocycles. The van der Waals surface area contributed by atoms with Crippen LogP contribution in [0.5, 0.6) is 11.5 Å². The number of aromatic nitrogens is 1. The Morgan fingerprint density at radius 1 is 1.00 bits per heavy atom. The fourth-order valence-corrected chi connectivity index (χ4v) is 3.33. The van der Waals surface area contributed by atoms with Gasteiger partial charge in [0.2, 0.25) is 0 Å². The lowest BCUT2D eigenvalue weighted by molar-refractivity contribution is -0.141. The maximum absolute atomic E-state index is 13.1. The topological polar surface area (TPSA) is 65.5 Å². The molecule has 2 aromatic carbocycles. The largest absolute Gasteiger partial charge is 0.497 e. The summed E-state index contributed by atoms with van der Waals surface area (Å²) in [4.78, 5) is 3.37. The molecule has 5 nitrogen and oxygen atoms in total. The van der Waals surface area contributed by atoms with Crippen molar-refractivity contribution in [1.29, 1.82) is 0 Å². The molecule has 0 amide bonds. The molecule has 0 radical (unpaired) electrons. The van der Waals surface area contributed by atoms with Crippen molar-refractivity contribution < 1.29 is 30.5 Å². The van der Waals surface area contributed by atoms with Crippen molar-refractivity contribution in [2.45, 2.75) is 18.0 Å². The first-order chi connectivity index (χ1) is 12.6. The van der Waals surface area contributed by atoms with E-state index in [4.69, 9.17) is 8.92 Å². The van der Waals surface area contributed by atoms with Gasteiger partial charge in [0.1, 0.15) is 16.3 Å². The summed E-state index contributed by atoms with van der Waals surface area (Å²) in [6.07, 6.45) is -4.76. The van der Waals surface area contributed by atoms with E-state index in [-0.39, 0.29) is 15.8 Å². The molecule has 27 heavy (non-hydrogen) atoms. The van der Waals surface area contributed by atoms with Gasteiger partial charge < -0.3 is 8.92 Å². The lowest BCUT2D eigenvalue weighted by Crippen LogP contribution is -2.13. The lowest BCUT2D eigenvalue weighted by atomic mass is 10.1. The van der Waals surface area contributed by atoms with E-state index in [1.54, 1.807) is 19.1 Å². The Bertz CT molecular complexity index is 1090. The minimum atomic E-state index is -4.76. The summed E-state index contributed by atoms with van der Waals surface area (Å²) < 4.78 is 74.6. The molecular weight excluding hydrogens is 383 g/mol. The summed E-state index contributed by atoms with van der Waals surface area (Å²) >= 11 is 0. The molecule has 0 aliphatic carbocycles. The van der Waals surface area contributed by atoms with Crippen LogP contribution in [0.1, 0.15) is 11.3 Å². The minimum Gasteiger partial charge on any atom is -0.497 e. The van der Waals surface area contributed by atoms with Crippen molar-refractivity contribution in [1.82, 2.24) is 4.98 Å². The van der Waals surface area contributed by atoms with Gasteiger partial charge in [-0.25, -0.2) is 4.98 Å². The highest BCUT2D eigenvalue weighted by atomic mass is 32.2. The molecule has 142 valence electrons. The molecule has 1 heterocycles. The number of alkyl halides is 3. The van der Waals surface area contributed by atoms with Crippen molar-refractivity contribution >= 4 is 21.0 Å². The summed E-state index contributed by atoms with van der Waals surface area (Å²) in [5.74, 6) is -0.159. The molecule has 3 aromatic rings. The van der Waals surface area contributed by atoms with E-state index >= 15 is 0 Å². The molecule has 0 atom stereocenters. The first kappa shape index (κ1) is 19.0. The minimum absolute atomic E-state index is 0.0697. The van der Waals surface area contributed by atoms with Crippen molar-refractivity contribution in [2.75, 3.05) is 7.11 Å². The fraction of sp³-hybridized carbons (Fsp3) is 0.167. The Kier molecular flexibility index (Phi) is 4.73. The van der Waals surface area contributed by atoms with E-state index in [1.165, 1.54) is 37.4 Å². The normalized spacial score (nSPS) is 12.2. The molecule has 0 fully saturated rings. The highest BCUT2D eigenvalue weighted by Crippen LogP contribution is 2.36. The molecule has 0 spiro atoms. The van der Waals surface area contributed by atoms with Crippen LogP contribution in [0.4, 0.5) is 13.2 Å². The molecule has 9 heteroatoms. The number of methoxy groups -OCH3 is 1. The zero-order valence-corrected chi connectivity index (χ0v) is 15.1. The van der Waals surface area contributed by atoms with Gasteiger partial charge in [0.15, 0.2) is 5.75 Å². The lowest BCUT2D eigenvalue weighted by Gasteiger charge is -2.13. The van der Waals surface area contributed by atoms with Gasteiger partial charge in [-0.3, -0.25) is 0 Å². The summed E-state index contributed by atoms with van der Waals surface area (Å²) in [5, 5.41) is 0.0815. The standard InChI is InChI=1S/C18H14F3NO4S/c1-11-3-6-13(7-4-11)27(23,24)26-16-10-17(18(19,20)21)22-15-8-5-12(25-2)9-14(15)16/h3-10H,1-2H3. The number of pyridine rings is 1. The van der Waals surface area contributed by atoms with Gasteiger partial charge in [-0.1, -0.05) is 17.7 Å². The van der Waals surface area contributed by atoms with E-state index in [9.17, 15) is 21.6 Å². The number of hydrogen-bond acceptors (Lipinski definition) is 5. The second kappa shape index (κ2) is 6.73. The molecule has 0 saturated carbocycles. The van der Waals surface area contributed by atoms with Gasteiger partial charge in [-0.05, 0) is 37.3 Å². The molecule has 3 rings (SSSR count). The van der Waals surface area contributed by atoms with E-state index in [0.717, 1.165) is 5.56 Å². The number of hydrogen-bond donors (Lipinski definition) is 0. The number of fused-ring (bicyclic) bond motifs is 1. The Balaban J connectivity index is 2.17. The zero-order valence-electron chi connectivity index (χ0n) is 14.2. The maximum atomic E-state index is 13.1. The van der Waals surface area contributed by atoms with E-state index in [0.29, 0.717) is 11.8 Å². The predicted molar refractivity (Wildman–Crippen MR) is 92.3 cm³/mol. The average molecular weight is 397 g/mol. The van der Waals surface area contributed by atoms with Crippen LogP contribution in [-0.4, -0.2) is 20.5 Å². The molecule has 0 unspecified atom stereocenters. The van der Waals surface area contributed by atoms with Crippen LogP contribution < -0.4 is 8.92 Å². The van der Waals surface area contributed by atoms with Gasteiger partial charge in [0, 0.05) is 11.5 Å². The number of halogens is 3. The van der Waals surface area contributed by atoms with Gasteiger partial charge >= 0.3 is 16.3 Å². The summed E-state index contributed by atoms with van der Waals surface area (Å²) in [6.45, 7) is 1.77. The molecule has 0 aliphatic rings. The first-order valence-corrected chi connectivity index (χ1v) is 9.08. The van der Waals surface area contributed by atoms with E-state index in [2.05, 4.69) is 4.98 Å². The van der Waals surface area contributed by atoms with E-state index < -0.39 is 27.7 Å². The molecule has 0 N–H and O–H groups in total. The number of ether oxygens (including phenoxy) is 1. The summed E-state index contributed by atoms with van der Waals surface area (Å²) in [7, 11) is -2.96. The second-order valence-electron chi connectivity index (χ2n) is 5.74. The number of nitrogens with zero attached hydrogens (tertiary/aromatic N) is 1. The third-order valence-corrected chi connectivity index (χ3v) is 5.03. The summed E-state index contributed by atoms with van der Waals surface area (Å²) in [6, 6.07) is 10.4. The van der Waals surface area contributed by atoms with Crippen molar-refractivity contribution in [3.05, 3.63) is 59.8 Å². The van der Waals surface area contributed by atoms with Gasteiger partial charge in [0.05, 0.1) is 12.6 Å². The highest BCUT2D eigenvalue weighted by molar-refractivity contribution is 7.87. The predicted octanol–water partition coefficient (Wildman–Crippen LogP) is 4.34. The van der Waals surface area contributed by atoms with Crippen molar-refractivity contribution in [2.24, 2.45) is 0 Å². The fourth-order valence-electron chi connectivity index (χ4n) is 2.39. The maximum Gasteiger partial charge on any atom is 0.433 e. The van der Waals surface area contributed by atoms with Crippen LogP contribution in [0.3, 0.4) is 0 Å². The Morgan fingerprint density at radius 2 is 1.67 bits per heavy atom. The van der Waals surface area contributed by atoms with Crippen LogP contribution >= 0.6 is 0 Å². The SMILES string of the molecule is COc1ccc2nc(C(F)(F)F)cc(OS(=O)(=O)c3ccc(C)cc3)c2c1. The smallest absolute Gasteiger partial charge is 0.433 e. The van der Waals surface area contributed by atoms with Gasteiger partial charge in [-0.15, -0.1) is 0 Å². The summed E-state index contributed by atoms with van der Waals surface area (Å²) in [5.41, 5.74) is -0.499. The Morgan fingerprint density at radius 3 is 2.26 bits per heavy atom. The van der Waals surface area contributed by atoms with Gasteiger partial charge in [0.25, 0.3) is 0 Å². The Hall–Kier alpha value is -2.81. The Labute approximate surface area is 153 Å².